The molecule has 1 aliphatic heterocycles. The fourth-order valence-electron chi connectivity index (χ4n) is 2.71. The molecule has 1 unspecified atom stereocenters. The van der Waals surface area contributed by atoms with E-state index >= 15 is 0 Å². The monoisotopic (exact) mass is 309 g/mol. The molecule has 0 spiro atoms. The maximum absolute atomic E-state index is 10.8. The van der Waals surface area contributed by atoms with Gasteiger partial charge in [-0.3, -0.25) is 10.1 Å². The molecule has 1 atom stereocenters. The molecule has 0 bridgehead atoms. The Hall–Kier alpha value is -3.14. The van der Waals surface area contributed by atoms with Crippen molar-refractivity contribution >= 4 is 17.2 Å². The van der Waals surface area contributed by atoms with Crippen LogP contribution in [0.3, 0.4) is 0 Å². The van der Waals surface area contributed by atoms with Crippen molar-refractivity contribution in [2.24, 2.45) is 0 Å². The Balaban J connectivity index is 1.71. The van der Waals surface area contributed by atoms with Crippen molar-refractivity contribution in [1.29, 1.82) is 5.26 Å². The number of nitrogens with one attached hydrogen (secondary N) is 1. The molecule has 0 amide bonds. The first-order valence-electron chi connectivity index (χ1n) is 7.28. The Bertz CT molecular complexity index is 757. The van der Waals surface area contributed by atoms with Crippen LogP contribution in [0.2, 0.25) is 0 Å². The van der Waals surface area contributed by atoms with Crippen LogP contribution in [0.1, 0.15) is 12.0 Å². The molecule has 1 N–H and O–H groups in total. The molecule has 23 heavy (non-hydrogen) atoms. The van der Waals surface area contributed by atoms with Gasteiger partial charge in [-0.2, -0.15) is 5.26 Å². The van der Waals surface area contributed by atoms with E-state index in [1.807, 2.05) is 24.3 Å². The summed E-state index contributed by atoms with van der Waals surface area (Å²) >= 11 is 0. The summed E-state index contributed by atoms with van der Waals surface area (Å²) in [6.07, 6.45) is 2.68. The third-order valence-electron chi connectivity index (χ3n) is 3.86. The number of anilines is 2. The lowest BCUT2D eigenvalue weighted by atomic mass is 10.1. The first-order chi connectivity index (χ1) is 11.2. The molecule has 116 valence electrons. The van der Waals surface area contributed by atoms with Crippen LogP contribution in [0.25, 0.3) is 0 Å². The summed E-state index contributed by atoms with van der Waals surface area (Å²) < 4.78 is 0. The number of nitrogens with zero attached hydrogens (tertiary/aromatic N) is 4. The van der Waals surface area contributed by atoms with Crippen molar-refractivity contribution in [3.8, 4) is 6.07 Å². The number of rotatable bonds is 4. The lowest BCUT2D eigenvalue weighted by Crippen LogP contribution is -2.26. The van der Waals surface area contributed by atoms with Gasteiger partial charge in [0.15, 0.2) is 0 Å². The van der Waals surface area contributed by atoms with E-state index in [-0.39, 0.29) is 17.3 Å². The minimum Gasteiger partial charge on any atom is -0.379 e. The van der Waals surface area contributed by atoms with E-state index in [1.54, 1.807) is 12.3 Å². The largest absolute Gasteiger partial charge is 0.379 e. The quantitative estimate of drug-likeness (QED) is 0.689. The van der Waals surface area contributed by atoms with Crippen molar-refractivity contribution < 1.29 is 4.92 Å². The van der Waals surface area contributed by atoms with Gasteiger partial charge >= 0.3 is 0 Å². The number of nitriles is 1. The number of pyridine rings is 1. The predicted molar refractivity (Wildman–Crippen MR) is 86.3 cm³/mol. The van der Waals surface area contributed by atoms with Crippen molar-refractivity contribution in [3.63, 3.8) is 0 Å². The van der Waals surface area contributed by atoms with Gasteiger partial charge in [-0.1, -0.05) is 6.07 Å². The van der Waals surface area contributed by atoms with Gasteiger partial charge in [0.2, 0.25) is 0 Å². The topological polar surface area (TPSA) is 95.1 Å². The molecule has 0 radical (unpaired) electrons. The van der Waals surface area contributed by atoms with E-state index in [9.17, 15) is 15.4 Å². The van der Waals surface area contributed by atoms with Crippen LogP contribution >= 0.6 is 0 Å². The van der Waals surface area contributed by atoms with Gasteiger partial charge in [0.25, 0.3) is 5.69 Å². The molecule has 1 aliphatic rings. The summed E-state index contributed by atoms with van der Waals surface area (Å²) in [7, 11) is 0. The van der Waals surface area contributed by atoms with E-state index in [2.05, 4.69) is 15.2 Å². The SMILES string of the molecule is N#Cc1cc([N+](=O)[O-])ccc1NC1CCN(c2ccccn2)C1. The van der Waals surface area contributed by atoms with Gasteiger partial charge in [0.05, 0.1) is 16.2 Å². The van der Waals surface area contributed by atoms with Crippen LogP contribution in [0.4, 0.5) is 17.2 Å². The number of benzene rings is 1. The van der Waals surface area contributed by atoms with Gasteiger partial charge in [-0.05, 0) is 24.6 Å². The number of nitro groups is 1. The summed E-state index contributed by atoms with van der Waals surface area (Å²) in [6.45, 7) is 1.66. The second-order valence-electron chi connectivity index (χ2n) is 5.36. The molecule has 0 aliphatic carbocycles. The fourth-order valence-corrected chi connectivity index (χ4v) is 2.71. The zero-order valence-electron chi connectivity index (χ0n) is 12.3. The van der Waals surface area contributed by atoms with E-state index in [0.717, 1.165) is 25.3 Å². The zero-order chi connectivity index (χ0) is 16.2. The Morgan fingerprint density at radius 3 is 2.96 bits per heavy atom. The highest BCUT2D eigenvalue weighted by molar-refractivity contribution is 5.62. The number of hydrogen-bond acceptors (Lipinski definition) is 6. The molecule has 1 fully saturated rings. The smallest absolute Gasteiger partial charge is 0.270 e. The molecule has 1 aromatic carbocycles. The lowest BCUT2D eigenvalue weighted by Gasteiger charge is -2.18. The van der Waals surface area contributed by atoms with Crippen LogP contribution in [0.5, 0.6) is 0 Å². The maximum atomic E-state index is 10.8. The highest BCUT2D eigenvalue weighted by atomic mass is 16.6. The number of non-ortho nitro benzene ring substituents is 1. The van der Waals surface area contributed by atoms with Crippen LogP contribution in [0.15, 0.2) is 42.6 Å². The van der Waals surface area contributed by atoms with Crippen molar-refractivity contribution in [2.45, 2.75) is 12.5 Å². The third kappa shape index (κ3) is 3.21. The molecule has 0 saturated carbocycles. The average Bonchev–Trinajstić information content (AvgIpc) is 3.04. The Kier molecular flexibility index (Phi) is 4.06. The number of hydrogen-bond donors (Lipinski definition) is 1. The molecule has 1 saturated heterocycles. The first kappa shape index (κ1) is 14.8. The van der Waals surface area contributed by atoms with Crippen molar-refractivity contribution in [3.05, 3.63) is 58.3 Å². The molecule has 1 aromatic heterocycles. The lowest BCUT2D eigenvalue weighted by molar-refractivity contribution is -0.384. The molecular formula is C16H15N5O2. The summed E-state index contributed by atoms with van der Waals surface area (Å²) in [5.41, 5.74) is 0.843. The number of aromatic nitrogens is 1. The first-order valence-corrected chi connectivity index (χ1v) is 7.28. The summed E-state index contributed by atoms with van der Waals surface area (Å²) in [5.74, 6) is 0.931. The fraction of sp³-hybridized carbons (Fsp3) is 0.250. The predicted octanol–water partition coefficient (Wildman–Crippen LogP) is 2.55. The van der Waals surface area contributed by atoms with Gasteiger partial charge in [0, 0.05) is 37.5 Å². The van der Waals surface area contributed by atoms with Gasteiger partial charge in [-0.15, -0.1) is 0 Å². The standard InChI is InChI=1S/C16H15N5O2/c17-10-12-9-14(21(22)23)4-5-15(12)19-13-6-8-20(11-13)16-3-1-2-7-18-16/h1-5,7,9,13,19H,6,8,11H2. The summed E-state index contributed by atoms with van der Waals surface area (Å²) in [5, 5.41) is 23.3. The minimum atomic E-state index is -0.497. The van der Waals surface area contributed by atoms with E-state index < -0.39 is 4.92 Å². The van der Waals surface area contributed by atoms with Crippen LogP contribution in [-0.2, 0) is 0 Å². The van der Waals surface area contributed by atoms with E-state index in [4.69, 9.17) is 0 Å². The molecule has 7 nitrogen and oxygen atoms in total. The summed E-state index contributed by atoms with van der Waals surface area (Å²) in [4.78, 5) is 16.8. The maximum Gasteiger partial charge on any atom is 0.270 e. The highest BCUT2D eigenvalue weighted by Gasteiger charge is 2.24. The highest BCUT2D eigenvalue weighted by Crippen LogP contribution is 2.25. The Morgan fingerprint density at radius 2 is 2.26 bits per heavy atom. The average molecular weight is 309 g/mol. The zero-order valence-corrected chi connectivity index (χ0v) is 12.3. The van der Waals surface area contributed by atoms with Crippen molar-refractivity contribution in [1.82, 2.24) is 4.98 Å². The molecule has 3 rings (SSSR count). The van der Waals surface area contributed by atoms with Crippen LogP contribution < -0.4 is 10.2 Å². The van der Waals surface area contributed by atoms with E-state index in [0.29, 0.717) is 5.69 Å². The third-order valence-corrected chi connectivity index (χ3v) is 3.86. The Labute approximate surface area is 133 Å². The summed E-state index contributed by atoms with van der Waals surface area (Å²) in [6, 6.07) is 12.3. The molecule has 7 heteroatoms. The molecule has 2 heterocycles. The molecule has 2 aromatic rings. The second-order valence-corrected chi connectivity index (χ2v) is 5.36. The number of nitro benzene ring substituents is 1. The second kappa shape index (κ2) is 6.32. The van der Waals surface area contributed by atoms with Crippen LogP contribution in [0, 0.1) is 21.4 Å². The van der Waals surface area contributed by atoms with Gasteiger partial charge in [-0.25, -0.2) is 4.98 Å². The van der Waals surface area contributed by atoms with Crippen LogP contribution in [-0.4, -0.2) is 29.0 Å². The normalized spacial score (nSPS) is 16.8. The minimum absolute atomic E-state index is 0.0753. The van der Waals surface area contributed by atoms with Crippen molar-refractivity contribution in [2.75, 3.05) is 23.3 Å². The van der Waals surface area contributed by atoms with E-state index in [1.165, 1.54) is 12.1 Å². The van der Waals surface area contributed by atoms with Gasteiger partial charge < -0.3 is 10.2 Å². The molecular weight excluding hydrogens is 294 g/mol. The van der Waals surface area contributed by atoms with Gasteiger partial charge in [0.1, 0.15) is 11.9 Å². The Morgan fingerprint density at radius 1 is 1.39 bits per heavy atom.